The van der Waals surface area contributed by atoms with Gasteiger partial charge in [0.25, 0.3) is 0 Å². The van der Waals surface area contributed by atoms with Crippen molar-refractivity contribution in [3.8, 4) is 0 Å². The molecule has 1 atom stereocenters. The van der Waals surface area contributed by atoms with Crippen LogP contribution in [0.15, 0.2) is 23.0 Å². The molecule has 2 nitrogen and oxygen atoms in total. The minimum Gasteiger partial charge on any atom is -0.472 e. The van der Waals surface area contributed by atoms with Gasteiger partial charge in [-0.1, -0.05) is 0 Å². The summed E-state index contributed by atoms with van der Waals surface area (Å²) in [7, 11) is 0. The van der Waals surface area contributed by atoms with E-state index in [0.717, 1.165) is 5.56 Å². The largest absolute Gasteiger partial charge is 0.472 e. The molecule has 0 bridgehead atoms. The normalized spacial score (nSPS) is 13.8. The Morgan fingerprint density at radius 3 is 2.75 bits per heavy atom. The Bertz CT molecular complexity index is 144. The molecule has 0 spiro atoms. The van der Waals surface area contributed by atoms with Gasteiger partial charge in [-0.15, -0.1) is 0 Å². The summed E-state index contributed by atoms with van der Waals surface area (Å²) in [6.45, 7) is 1.92. The quantitative estimate of drug-likeness (QED) is 0.593. The fourth-order valence-corrected chi connectivity index (χ4v) is 0.534. The highest BCUT2D eigenvalue weighted by Gasteiger charge is 1.96. The van der Waals surface area contributed by atoms with Crippen LogP contribution in [0.2, 0.25) is 0 Å². The Hall–Kier alpha value is -0.760. The Labute approximate surface area is 48.3 Å². The lowest BCUT2D eigenvalue weighted by atomic mass is 10.2. The number of furan rings is 1. The summed E-state index contributed by atoms with van der Waals surface area (Å²) >= 11 is 0. The summed E-state index contributed by atoms with van der Waals surface area (Å²) in [6.07, 6.45) is 3.28. The van der Waals surface area contributed by atoms with Gasteiger partial charge in [-0.05, 0) is 13.0 Å². The van der Waals surface area contributed by atoms with E-state index in [1.54, 1.807) is 12.5 Å². The molecule has 1 rings (SSSR count). The summed E-state index contributed by atoms with van der Waals surface area (Å²) in [5.74, 6) is 0. The van der Waals surface area contributed by atoms with Gasteiger partial charge in [-0.25, -0.2) is 0 Å². The first kappa shape index (κ1) is 5.38. The average molecular weight is 111 g/mol. The van der Waals surface area contributed by atoms with E-state index in [2.05, 4.69) is 0 Å². The van der Waals surface area contributed by atoms with Gasteiger partial charge in [0.15, 0.2) is 0 Å². The molecule has 0 amide bonds. The monoisotopic (exact) mass is 111 g/mol. The van der Waals surface area contributed by atoms with E-state index in [-0.39, 0.29) is 6.04 Å². The molecular formula is C6H9NO. The van der Waals surface area contributed by atoms with Crippen molar-refractivity contribution in [2.75, 3.05) is 0 Å². The topological polar surface area (TPSA) is 39.2 Å². The van der Waals surface area contributed by atoms with Crippen LogP contribution < -0.4 is 5.73 Å². The predicted molar refractivity (Wildman–Crippen MR) is 31.3 cm³/mol. The van der Waals surface area contributed by atoms with Crippen molar-refractivity contribution in [2.24, 2.45) is 5.73 Å². The van der Waals surface area contributed by atoms with E-state index in [1.807, 2.05) is 13.0 Å². The first-order valence-corrected chi connectivity index (χ1v) is 2.58. The van der Waals surface area contributed by atoms with Gasteiger partial charge in [0, 0.05) is 11.6 Å². The first-order chi connectivity index (χ1) is 3.80. The standard InChI is InChI=1S/C6H9NO/c1-5(7)6-2-3-8-4-6/h2-5H,7H2,1H3/t5-/m0/s1. The Morgan fingerprint density at radius 1 is 1.75 bits per heavy atom. The third kappa shape index (κ3) is 0.898. The lowest BCUT2D eigenvalue weighted by molar-refractivity contribution is 0.561. The highest BCUT2D eigenvalue weighted by molar-refractivity contribution is 5.08. The molecular weight excluding hydrogens is 102 g/mol. The summed E-state index contributed by atoms with van der Waals surface area (Å²) in [4.78, 5) is 0. The van der Waals surface area contributed by atoms with Crippen LogP contribution in [0.4, 0.5) is 0 Å². The van der Waals surface area contributed by atoms with Gasteiger partial charge in [-0.3, -0.25) is 0 Å². The second kappa shape index (κ2) is 2.01. The van der Waals surface area contributed by atoms with Gasteiger partial charge >= 0.3 is 0 Å². The molecule has 0 aliphatic carbocycles. The third-order valence-electron chi connectivity index (χ3n) is 1.07. The molecule has 0 unspecified atom stereocenters. The van der Waals surface area contributed by atoms with Gasteiger partial charge in [0.05, 0.1) is 12.5 Å². The summed E-state index contributed by atoms with van der Waals surface area (Å²) in [5.41, 5.74) is 6.54. The summed E-state index contributed by atoms with van der Waals surface area (Å²) in [6, 6.07) is 1.96. The fraction of sp³-hybridized carbons (Fsp3) is 0.333. The van der Waals surface area contributed by atoms with E-state index in [1.165, 1.54) is 0 Å². The summed E-state index contributed by atoms with van der Waals surface area (Å²) in [5, 5.41) is 0. The van der Waals surface area contributed by atoms with Crippen LogP contribution in [0.1, 0.15) is 18.5 Å². The van der Waals surface area contributed by atoms with Crippen LogP contribution in [0.25, 0.3) is 0 Å². The van der Waals surface area contributed by atoms with E-state index >= 15 is 0 Å². The zero-order valence-electron chi connectivity index (χ0n) is 4.79. The van der Waals surface area contributed by atoms with Gasteiger partial charge in [0.1, 0.15) is 0 Å². The van der Waals surface area contributed by atoms with Crippen LogP contribution in [0, 0.1) is 0 Å². The van der Waals surface area contributed by atoms with Crippen molar-refractivity contribution in [3.63, 3.8) is 0 Å². The lowest BCUT2D eigenvalue weighted by Crippen LogP contribution is -2.02. The summed E-state index contributed by atoms with van der Waals surface area (Å²) < 4.78 is 4.80. The van der Waals surface area contributed by atoms with Gasteiger partial charge in [-0.2, -0.15) is 0 Å². The molecule has 0 aromatic carbocycles. The number of nitrogens with two attached hydrogens (primary N) is 1. The second-order valence-corrected chi connectivity index (χ2v) is 1.85. The molecule has 0 saturated heterocycles. The Kier molecular flexibility index (Phi) is 1.35. The molecule has 1 aromatic heterocycles. The van der Waals surface area contributed by atoms with Crippen molar-refractivity contribution >= 4 is 0 Å². The molecule has 2 heteroatoms. The van der Waals surface area contributed by atoms with E-state index in [4.69, 9.17) is 10.2 Å². The fourth-order valence-electron chi connectivity index (χ4n) is 0.534. The number of hydrogen-bond donors (Lipinski definition) is 1. The highest BCUT2D eigenvalue weighted by Crippen LogP contribution is 2.07. The maximum Gasteiger partial charge on any atom is 0.0950 e. The van der Waals surface area contributed by atoms with Crippen molar-refractivity contribution in [1.29, 1.82) is 0 Å². The highest BCUT2D eigenvalue weighted by atomic mass is 16.3. The second-order valence-electron chi connectivity index (χ2n) is 1.85. The molecule has 0 fully saturated rings. The first-order valence-electron chi connectivity index (χ1n) is 2.58. The van der Waals surface area contributed by atoms with Crippen molar-refractivity contribution < 1.29 is 4.42 Å². The third-order valence-corrected chi connectivity index (χ3v) is 1.07. The molecule has 0 aliphatic rings. The van der Waals surface area contributed by atoms with E-state index in [9.17, 15) is 0 Å². The van der Waals surface area contributed by atoms with Crippen molar-refractivity contribution in [2.45, 2.75) is 13.0 Å². The lowest BCUT2D eigenvalue weighted by Gasteiger charge is -1.95. The molecule has 1 aromatic rings. The minimum absolute atomic E-state index is 0.0914. The van der Waals surface area contributed by atoms with Gasteiger partial charge in [0.2, 0.25) is 0 Å². The van der Waals surface area contributed by atoms with Crippen LogP contribution in [0.5, 0.6) is 0 Å². The number of hydrogen-bond acceptors (Lipinski definition) is 2. The molecule has 2 N–H and O–H groups in total. The molecule has 0 radical (unpaired) electrons. The smallest absolute Gasteiger partial charge is 0.0950 e. The molecule has 0 saturated carbocycles. The molecule has 44 valence electrons. The maximum absolute atomic E-state index is 5.50. The van der Waals surface area contributed by atoms with E-state index < -0.39 is 0 Å². The molecule has 8 heavy (non-hydrogen) atoms. The average Bonchev–Trinajstić information content (AvgIpc) is 2.12. The molecule has 0 aliphatic heterocycles. The number of rotatable bonds is 1. The Morgan fingerprint density at radius 2 is 2.50 bits per heavy atom. The predicted octanol–water partition coefficient (Wildman–Crippen LogP) is 1.30. The van der Waals surface area contributed by atoms with Crippen LogP contribution in [0.3, 0.4) is 0 Å². The molecule has 1 heterocycles. The van der Waals surface area contributed by atoms with Gasteiger partial charge < -0.3 is 10.2 Å². The van der Waals surface area contributed by atoms with E-state index in [0.29, 0.717) is 0 Å². The Balaban J connectivity index is 2.77. The maximum atomic E-state index is 5.50. The van der Waals surface area contributed by atoms with Crippen molar-refractivity contribution in [1.82, 2.24) is 0 Å². The van der Waals surface area contributed by atoms with Crippen LogP contribution >= 0.6 is 0 Å². The zero-order valence-corrected chi connectivity index (χ0v) is 4.79. The zero-order chi connectivity index (χ0) is 5.98. The minimum atomic E-state index is 0.0914. The van der Waals surface area contributed by atoms with Crippen LogP contribution in [-0.4, -0.2) is 0 Å². The van der Waals surface area contributed by atoms with Crippen molar-refractivity contribution in [3.05, 3.63) is 24.2 Å². The SMILES string of the molecule is C[C@H](N)c1ccoc1. The van der Waals surface area contributed by atoms with Crippen LogP contribution in [-0.2, 0) is 0 Å².